The lowest BCUT2D eigenvalue weighted by Crippen LogP contribution is -2.32. The average molecular weight is 304 g/mol. The number of rotatable bonds is 5. The smallest absolute Gasteiger partial charge is 0.274 e. The van der Waals surface area contributed by atoms with E-state index in [0.29, 0.717) is 31.5 Å². The first-order valence-corrected chi connectivity index (χ1v) is 7.58. The number of likely N-dealkylation sites (tertiary alicyclic amines) is 1. The molecule has 2 heterocycles. The van der Waals surface area contributed by atoms with Gasteiger partial charge in [-0.2, -0.15) is 0 Å². The molecule has 7 nitrogen and oxygen atoms in total. The summed E-state index contributed by atoms with van der Waals surface area (Å²) in [5.74, 6) is 0.261. The number of amides is 2. The van der Waals surface area contributed by atoms with Gasteiger partial charge in [0.1, 0.15) is 5.69 Å². The summed E-state index contributed by atoms with van der Waals surface area (Å²) < 4.78 is 5.50. The van der Waals surface area contributed by atoms with Gasteiger partial charge in [0, 0.05) is 13.1 Å². The van der Waals surface area contributed by atoms with E-state index in [1.165, 1.54) is 25.2 Å². The third-order valence-corrected chi connectivity index (χ3v) is 4.28. The molecule has 3 rings (SSSR count). The quantitative estimate of drug-likeness (QED) is 0.852. The molecule has 0 spiro atoms. The first-order chi connectivity index (χ1) is 10.5. The Bertz CT molecular complexity index is 571. The fourth-order valence-electron chi connectivity index (χ4n) is 2.65. The predicted molar refractivity (Wildman–Crippen MR) is 78.0 cm³/mol. The van der Waals surface area contributed by atoms with Crippen LogP contribution in [0, 0.1) is 17.8 Å². The van der Waals surface area contributed by atoms with E-state index in [1.807, 2.05) is 6.92 Å². The van der Waals surface area contributed by atoms with Gasteiger partial charge in [-0.15, -0.1) is 0 Å². The molecule has 1 aromatic rings. The molecule has 1 aliphatic carbocycles. The van der Waals surface area contributed by atoms with Crippen LogP contribution in [-0.4, -0.2) is 46.4 Å². The summed E-state index contributed by atoms with van der Waals surface area (Å²) in [5, 5.41) is 0. The van der Waals surface area contributed by atoms with Crippen LogP contribution in [0.25, 0.3) is 0 Å². The van der Waals surface area contributed by atoms with Crippen LogP contribution >= 0.6 is 0 Å². The van der Waals surface area contributed by atoms with Gasteiger partial charge in [0.05, 0.1) is 24.9 Å². The zero-order valence-corrected chi connectivity index (χ0v) is 12.6. The molecule has 2 atom stereocenters. The van der Waals surface area contributed by atoms with E-state index in [0.717, 1.165) is 0 Å². The van der Waals surface area contributed by atoms with Gasteiger partial charge >= 0.3 is 0 Å². The second-order valence-electron chi connectivity index (χ2n) is 6.19. The number of hydrogen-bond acceptors (Lipinski definition) is 5. The molecule has 1 aromatic heterocycles. The minimum atomic E-state index is -0.363. The summed E-state index contributed by atoms with van der Waals surface area (Å²) in [6.45, 7) is 3.43. The third kappa shape index (κ3) is 3.18. The average Bonchev–Trinajstić information content (AvgIpc) is 3.25. The number of nitrogens with zero attached hydrogens (tertiary/aromatic N) is 3. The Morgan fingerprint density at radius 2 is 2.09 bits per heavy atom. The second kappa shape index (κ2) is 5.90. The van der Waals surface area contributed by atoms with Crippen LogP contribution in [0.1, 0.15) is 30.3 Å². The Hall–Kier alpha value is -2.18. The van der Waals surface area contributed by atoms with Crippen molar-refractivity contribution in [1.82, 2.24) is 14.9 Å². The van der Waals surface area contributed by atoms with Crippen LogP contribution < -0.4 is 10.5 Å². The molecule has 0 bridgehead atoms. The molecular formula is C15H20N4O3. The minimum absolute atomic E-state index is 0.0653. The van der Waals surface area contributed by atoms with Gasteiger partial charge in [-0.1, -0.05) is 6.92 Å². The van der Waals surface area contributed by atoms with Crippen molar-refractivity contribution in [2.24, 2.45) is 23.5 Å². The van der Waals surface area contributed by atoms with E-state index in [9.17, 15) is 9.59 Å². The Morgan fingerprint density at radius 3 is 2.64 bits per heavy atom. The minimum Gasteiger partial charge on any atom is -0.476 e. The Kier molecular flexibility index (Phi) is 3.96. The van der Waals surface area contributed by atoms with E-state index >= 15 is 0 Å². The van der Waals surface area contributed by atoms with Crippen molar-refractivity contribution in [1.29, 1.82) is 0 Å². The van der Waals surface area contributed by atoms with Gasteiger partial charge < -0.3 is 15.4 Å². The molecule has 2 amide bonds. The molecular weight excluding hydrogens is 284 g/mol. The van der Waals surface area contributed by atoms with Crippen molar-refractivity contribution in [3.63, 3.8) is 0 Å². The molecule has 1 saturated carbocycles. The van der Waals surface area contributed by atoms with Gasteiger partial charge in [-0.3, -0.25) is 9.59 Å². The summed E-state index contributed by atoms with van der Waals surface area (Å²) in [4.78, 5) is 33.6. The van der Waals surface area contributed by atoms with Gasteiger partial charge in [-0.05, 0) is 24.7 Å². The van der Waals surface area contributed by atoms with Crippen molar-refractivity contribution >= 4 is 11.8 Å². The second-order valence-corrected chi connectivity index (χ2v) is 6.19. The number of primary amides is 1. The number of hydrogen-bond donors (Lipinski definition) is 1. The Balaban J connectivity index is 1.61. The molecule has 2 N–H and O–H groups in total. The largest absolute Gasteiger partial charge is 0.476 e. The van der Waals surface area contributed by atoms with Crippen LogP contribution in [0.3, 0.4) is 0 Å². The highest BCUT2D eigenvalue weighted by Crippen LogP contribution is 2.29. The van der Waals surface area contributed by atoms with E-state index in [1.54, 1.807) is 4.90 Å². The summed E-state index contributed by atoms with van der Waals surface area (Å²) in [6, 6.07) is 0. The van der Waals surface area contributed by atoms with Crippen molar-refractivity contribution in [3.05, 3.63) is 18.1 Å². The molecule has 7 heteroatoms. The maximum absolute atomic E-state index is 12.4. The summed E-state index contributed by atoms with van der Waals surface area (Å²) in [7, 11) is 0. The normalized spacial score (nSPS) is 24.3. The van der Waals surface area contributed by atoms with Gasteiger partial charge in [0.2, 0.25) is 11.8 Å². The maximum Gasteiger partial charge on any atom is 0.274 e. The molecule has 1 aliphatic heterocycles. The van der Waals surface area contributed by atoms with Crippen LogP contribution in [0.2, 0.25) is 0 Å². The molecule has 22 heavy (non-hydrogen) atoms. The van der Waals surface area contributed by atoms with Crippen molar-refractivity contribution < 1.29 is 14.3 Å². The summed E-state index contributed by atoms with van der Waals surface area (Å²) in [5.41, 5.74) is 5.61. The molecule has 0 radical (unpaired) electrons. The van der Waals surface area contributed by atoms with Crippen LogP contribution in [0.4, 0.5) is 0 Å². The first kappa shape index (κ1) is 14.7. The van der Waals surface area contributed by atoms with Gasteiger partial charge in [-0.25, -0.2) is 9.97 Å². The highest BCUT2D eigenvalue weighted by atomic mass is 16.5. The lowest BCUT2D eigenvalue weighted by Gasteiger charge is -2.15. The molecule has 118 valence electrons. The third-order valence-electron chi connectivity index (χ3n) is 4.28. The Labute approximate surface area is 128 Å². The molecule has 2 aliphatic rings. The molecule has 0 unspecified atom stereocenters. The van der Waals surface area contributed by atoms with Gasteiger partial charge in [0.25, 0.3) is 5.91 Å². The lowest BCUT2D eigenvalue weighted by atomic mass is 9.98. The summed E-state index contributed by atoms with van der Waals surface area (Å²) >= 11 is 0. The number of carbonyl (C=O) groups is 2. The van der Waals surface area contributed by atoms with E-state index in [-0.39, 0.29) is 29.3 Å². The lowest BCUT2D eigenvalue weighted by molar-refractivity contribution is -0.122. The number of aromatic nitrogens is 2. The van der Waals surface area contributed by atoms with E-state index in [2.05, 4.69) is 9.97 Å². The van der Waals surface area contributed by atoms with Crippen LogP contribution in [0.5, 0.6) is 5.88 Å². The highest BCUT2D eigenvalue weighted by molar-refractivity contribution is 5.93. The standard InChI is InChI=1S/C15H20N4O3/c1-9-6-19(7-11(9)14(16)20)15(21)12-4-18-13(5-17-12)22-8-10-2-3-10/h4-5,9-11H,2-3,6-8H2,1H3,(H2,16,20)/t9-,11-/m1/s1. The molecule has 0 aromatic carbocycles. The number of nitrogens with two attached hydrogens (primary N) is 1. The fraction of sp³-hybridized carbons (Fsp3) is 0.600. The van der Waals surface area contributed by atoms with Crippen molar-refractivity contribution in [2.75, 3.05) is 19.7 Å². The topological polar surface area (TPSA) is 98.4 Å². The monoisotopic (exact) mass is 304 g/mol. The SMILES string of the molecule is C[C@@H]1CN(C(=O)c2cnc(OCC3CC3)cn2)C[C@H]1C(N)=O. The summed E-state index contributed by atoms with van der Waals surface area (Å²) in [6.07, 6.45) is 5.31. The van der Waals surface area contributed by atoms with E-state index in [4.69, 9.17) is 10.5 Å². The zero-order valence-electron chi connectivity index (χ0n) is 12.6. The Morgan fingerprint density at radius 1 is 1.32 bits per heavy atom. The number of ether oxygens (including phenoxy) is 1. The van der Waals surface area contributed by atoms with Crippen molar-refractivity contribution in [2.45, 2.75) is 19.8 Å². The highest BCUT2D eigenvalue weighted by Gasteiger charge is 2.36. The van der Waals surface area contributed by atoms with Gasteiger partial charge in [0.15, 0.2) is 0 Å². The number of carbonyl (C=O) groups excluding carboxylic acids is 2. The first-order valence-electron chi connectivity index (χ1n) is 7.58. The van der Waals surface area contributed by atoms with Crippen LogP contribution in [0.15, 0.2) is 12.4 Å². The molecule has 2 fully saturated rings. The maximum atomic E-state index is 12.4. The predicted octanol–water partition coefficient (Wildman–Crippen LogP) is 0.459. The molecule has 1 saturated heterocycles. The zero-order chi connectivity index (χ0) is 15.7. The van der Waals surface area contributed by atoms with Crippen LogP contribution in [-0.2, 0) is 4.79 Å². The van der Waals surface area contributed by atoms with Crippen molar-refractivity contribution in [3.8, 4) is 5.88 Å². The van der Waals surface area contributed by atoms with E-state index < -0.39 is 0 Å². The fourth-order valence-corrected chi connectivity index (χ4v) is 2.65.